The first-order valence-electron chi connectivity index (χ1n) is 9.15. The first kappa shape index (κ1) is 19.6. The van der Waals surface area contributed by atoms with E-state index in [0.29, 0.717) is 0 Å². The number of halogens is 2. The molecule has 1 aromatic carbocycles. The van der Waals surface area contributed by atoms with Crippen molar-refractivity contribution in [1.29, 1.82) is 0 Å². The van der Waals surface area contributed by atoms with Crippen molar-refractivity contribution in [3.8, 4) is 22.8 Å². The molecule has 1 aromatic heterocycles. The SMILES string of the molecule is C=CC(=O)N1CCN2C(=O)c3c(N)nc(-c4c(O)cccc4F)c(F)c3OC[C@H]2C1. The van der Waals surface area contributed by atoms with Gasteiger partial charge in [0.25, 0.3) is 5.91 Å². The summed E-state index contributed by atoms with van der Waals surface area (Å²) in [6, 6.07) is 2.94. The van der Waals surface area contributed by atoms with Crippen molar-refractivity contribution in [2.45, 2.75) is 6.04 Å². The van der Waals surface area contributed by atoms with Crippen molar-refractivity contribution < 1.29 is 28.2 Å². The maximum Gasteiger partial charge on any atom is 0.262 e. The highest BCUT2D eigenvalue weighted by molar-refractivity contribution is 6.02. The van der Waals surface area contributed by atoms with Crippen molar-refractivity contribution in [3.05, 3.63) is 48.1 Å². The van der Waals surface area contributed by atoms with E-state index in [4.69, 9.17) is 10.5 Å². The quantitative estimate of drug-likeness (QED) is 0.719. The molecule has 1 fully saturated rings. The van der Waals surface area contributed by atoms with Crippen LogP contribution in [0.25, 0.3) is 11.3 Å². The number of fused-ring (bicyclic) bond motifs is 2. The van der Waals surface area contributed by atoms with Gasteiger partial charge in [-0.25, -0.2) is 13.8 Å². The number of nitrogen functional groups attached to an aromatic ring is 1. The molecule has 2 aliphatic heterocycles. The molecule has 0 saturated carbocycles. The second-order valence-electron chi connectivity index (χ2n) is 6.95. The fourth-order valence-electron chi connectivity index (χ4n) is 3.73. The van der Waals surface area contributed by atoms with E-state index < -0.39 is 46.3 Å². The first-order chi connectivity index (χ1) is 14.3. The molecule has 1 atom stereocenters. The van der Waals surface area contributed by atoms with Gasteiger partial charge in [0.1, 0.15) is 35.2 Å². The number of amides is 2. The third kappa shape index (κ3) is 3.00. The number of aromatic hydroxyl groups is 1. The molecular weight excluding hydrogens is 398 g/mol. The Balaban J connectivity index is 1.78. The van der Waals surface area contributed by atoms with Crippen LogP contribution in [0, 0.1) is 11.6 Å². The number of benzene rings is 1. The van der Waals surface area contributed by atoms with Crippen LogP contribution in [0.4, 0.5) is 14.6 Å². The number of hydrogen-bond acceptors (Lipinski definition) is 6. The number of rotatable bonds is 2. The number of hydrogen-bond donors (Lipinski definition) is 2. The molecule has 3 heterocycles. The zero-order valence-electron chi connectivity index (χ0n) is 15.8. The molecule has 8 nitrogen and oxygen atoms in total. The molecule has 2 amide bonds. The van der Waals surface area contributed by atoms with Gasteiger partial charge in [0.2, 0.25) is 5.91 Å². The predicted octanol–water partition coefficient (Wildman–Crippen LogP) is 1.55. The smallest absolute Gasteiger partial charge is 0.262 e. The third-order valence-electron chi connectivity index (χ3n) is 5.21. The predicted molar refractivity (Wildman–Crippen MR) is 103 cm³/mol. The Hall–Kier alpha value is -3.69. The molecule has 0 aliphatic carbocycles. The molecule has 156 valence electrons. The summed E-state index contributed by atoms with van der Waals surface area (Å²) < 4.78 is 35.1. The largest absolute Gasteiger partial charge is 0.507 e. The standard InChI is InChI=1S/C20H18F2N4O4/c1-2-13(28)25-6-7-26-10(8-25)9-30-18-15(20(26)29)19(23)24-17(16(18)22)14-11(21)4-3-5-12(14)27/h2-5,10,27H,1,6-9H2,(H2,23,24)/t10-/m1/s1. The van der Waals surface area contributed by atoms with Crippen LogP contribution in [0.1, 0.15) is 10.4 Å². The first-order valence-corrected chi connectivity index (χ1v) is 9.15. The van der Waals surface area contributed by atoms with Crippen LogP contribution in [0.15, 0.2) is 30.9 Å². The molecular formula is C20H18F2N4O4. The lowest BCUT2D eigenvalue weighted by atomic mass is 10.1. The summed E-state index contributed by atoms with van der Waals surface area (Å²) in [5, 5.41) is 10.00. The number of carbonyl (C=O) groups is 2. The fourth-order valence-corrected chi connectivity index (χ4v) is 3.73. The maximum atomic E-state index is 15.3. The average Bonchev–Trinajstić information content (AvgIpc) is 2.87. The van der Waals surface area contributed by atoms with Gasteiger partial charge in [0.05, 0.1) is 11.6 Å². The number of phenols is 1. The summed E-state index contributed by atoms with van der Waals surface area (Å²) in [4.78, 5) is 31.8. The normalized spacial score (nSPS) is 18.2. The summed E-state index contributed by atoms with van der Waals surface area (Å²) >= 11 is 0. The van der Waals surface area contributed by atoms with E-state index >= 15 is 4.39 Å². The molecule has 2 aliphatic rings. The summed E-state index contributed by atoms with van der Waals surface area (Å²) in [7, 11) is 0. The highest BCUT2D eigenvalue weighted by atomic mass is 19.1. The minimum Gasteiger partial charge on any atom is -0.507 e. The molecule has 0 bridgehead atoms. The summed E-state index contributed by atoms with van der Waals surface area (Å²) in [5.74, 6) is -4.22. The van der Waals surface area contributed by atoms with Crippen molar-refractivity contribution in [1.82, 2.24) is 14.8 Å². The zero-order valence-corrected chi connectivity index (χ0v) is 15.8. The van der Waals surface area contributed by atoms with Crippen LogP contribution in [0.5, 0.6) is 11.5 Å². The summed E-state index contributed by atoms with van der Waals surface area (Å²) in [6.45, 7) is 4.00. The number of anilines is 1. The van der Waals surface area contributed by atoms with Crippen LogP contribution < -0.4 is 10.5 Å². The molecule has 30 heavy (non-hydrogen) atoms. The number of ether oxygens (including phenoxy) is 1. The zero-order chi connectivity index (χ0) is 21.6. The van der Waals surface area contributed by atoms with Crippen LogP contribution in [0.2, 0.25) is 0 Å². The number of pyridine rings is 1. The van der Waals surface area contributed by atoms with Crippen LogP contribution >= 0.6 is 0 Å². The minimum atomic E-state index is -1.10. The van der Waals surface area contributed by atoms with E-state index in [2.05, 4.69) is 11.6 Å². The van der Waals surface area contributed by atoms with Crippen LogP contribution in [-0.2, 0) is 4.79 Å². The lowest BCUT2D eigenvalue weighted by Gasteiger charge is -2.39. The lowest BCUT2D eigenvalue weighted by Crippen LogP contribution is -2.57. The topological polar surface area (TPSA) is 109 Å². The summed E-state index contributed by atoms with van der Waals surface area (Å²) in [5.41, 5.74) is 4.64. The van der Waals surface area contributed by atoms with Gasteiger partial charge in [0.15, 0.2) is 11.6 Å². The van der Waals surface area contributed by atoms with Gasteiger partial charge in [-0.3, -0.25) is 9.59 Å². The number of aromatic nitrogens is 1. The number of nitrogens with two attached hydrogens (primary N) is 1. The molecule has 0 unspecified atom stereocenters. The Morgan fingerprint density at radius 1 is 1.33 bits per heavy atom. The molecule has 0 radical (unpaired) electrons. The Kier molecular flexibility index (Phi) is 4.76. The van der Waals surface area contributed by atoms with Gasteiger partial charge in [0, 0.05) is 19.6 Å². The van der Waals surface area contributed by atoms with Crippen molar-refractivity contribution in [2.75, 3.05) is 32.0 Å². The Morgan fingerprint density at radius 2 is 2.10 bits per heavy atom. The highest BCUT2D eigenvalue weighted by Crippen LogP contribution is 2.40. The Bertz CT molecular complexity index is 1060. The van der Waals surface area contributed by atoms with E-state index in [1.54, 1.807) is 0 Å². The van der Waals surface area contributed by atoms with Gasteiger partial charge >= 0.3 is 0 Å². The van der Waals surface area contributed by atoms with E-state index in [9.17, 15) is 19.1 Å². The Morgan fingerprint density at radius 3 is 2.80 bits per heavy atom. The summed E-state index contributed by atoms with van der Waals surface area (Å²) in [6.07, 6.45) is 1.18. The fraction of sp³-hybridized carbons (Fsp3) is 0.250. The Labute approximate surface area is 170 Å². The van der Waals surface area contributed by atoms with E-state index in [1.165, 1.54) is 28.0 Å². The average molecular weight is 416 g/mol. The number of phenolic OH excluding ortho intramolecular Hbond substituents is 1. The molecule has 0 spiro atoms. The molecule has 3 N–H and O–H groups in total. The van der Waals surface area contributed by atoms with Crippen LogP contribution in [-0.4, -0.2) is 64.0 Å². The second kappa shape index (κ2) is 7.29. The van der Waals surface area contributed by atoms with Crippen molar-refractivity contribution in [3.63, 3.8) is 0 Å². The van der Waals surface area contributed by atoms with Gasteiger partial charge in [-0.1, -0.05) is 12.6 Å². The molecule has 4 rings (SSSR count). The third-order valence-corrected chi connectivity index (χ3v) is 5.21. The van der Waals surface area contributed by atoms with E-state index in [0.717, 1.165) is 6.07 Å². The number of carbonyl (C=O) groups excluding carboxylic acids is 2. The van der Waals surface area contributed by atoms with Gasteiger partial charge in [-0.05, 0) is 18.2 Å². The van der Waals surface area contributed by atoms with Crippen LogP contribution in [0.3, 0.4) is 0 Å². The minimum absolute atomic E-state index is 0.108. The van der Waals surface area contributed by atoms with E-state index in [-0.39, 0.29) is 43.5 Å². The molecule has 2 aromatic rings. The lowest BCUT2D eigenvalue weighted by molar-refractivity contribution is -0.128. The molecule has 10 heteroatoms. The molecule has 1 saturated heterocycles. The van der Waals surface area contributed by atoms with Gasteiger partial charge in [-0.15, -0.1) is 0 Å². The maximum absolute atomic E-state index is 15.3. The van der Waals surface area contributed by atoms with Gasteiger partial charge in [-0.2, -0.15) is 0 Å². The van der Waals surface area contributed by atoms with Crippen molar-refractivity contribution >= 4 is 17.6 Å². The highest BCUT2D eigenvalue weighted by Gasteiger charge is 2.39. The second-order valence-corrected chi connectivity index (χ2v) is 6.95. The van der Waals surface area contributed by atoms with Crippen molar-refractivity contribution in [2.24, 2.45) is 0 Å². The number of nitrogens with zero attached hydrogens (tertiary/aromatic N) is 3. The van der Waals surface area contributed by atoms with E-state index in [1.807, 2.05) is 0 Å². The van der Waals surface area contributed by atoms with Gasteiger partial charge < -0.3 is 25.4 Å². The monoisotopic (exact) mass is 416 g/mol. The number of piperazine rings is 1.